The van der Waals surface area contributed by atoms with E-state index in [1.807, 2.05) is 251 Å². The normalized spacial score (nSPS) is 11.3. The number of carbonyl (C=O) groups is 3. The van der Waals surface area contributed by atoms with Crippen molar-refractivity contribution < 1.29 is 42.8 Å². The molecule has 0 aromatic heterocycles. The third-order valence-electron chi connectivity index (χ3n) is 17.4. The first-order valence-corrected chi connectivity index (χ1v) is 71.0. The van der Waals surface area contributed by atoms with Crippen molar-refractivity contribution in [2.24, 2.45) is 0 Å². The molecule has 0 saturated heterocycles. The number of ketones is 3. The van der Waals surface area contributed by atoms with Gasteiger partial charge in [0.05, 0.1) is 47.7 Å². The van der Waals surface area contributed by atoms with E-state index in [0.29, 0.717) is 0 Å². The number of aryl methyl sites for hydroxylation is 5. The second kappa shape index (κ2) is 92.6. The summed E-state index contributed by atoms with van der Waals surface area (Å²) in [5.41, 5.74) is 20.5. The smallest absolute Gasteiger partial charge is 0.159 e. The van der Waals surface area contributed by atoms with E-state index in [4.69, 9.17) is 41.3 Å². The maximum absolute atomic E-state index is 11.6. The average Bonchev–Trinajstić information content (AvgIpc) is 0.762. The van der Waals surface area contributed by atoms with Crippen molar-refractivity contribution in [1.82, 2.24) is 0 Å². The Morgan fingerprint density at radius 2 is 0.738 bits per heavy atom. The van der Waals surface area contributed by atoms with E-state index in [0.717, 1.165) is 180 Å². The first kappa shape index (κ1) is 142. The van der Waals surface area contributed by atoms with Crippen LogP contribution < -0.4 is 23.7 Å². The van der Waals surface area contributed by atoms with Gasteiger partial charge in [-0.1, -0.05) is 277 Å². The first-order chi connectivity index (χ1) is 62.3. The number of rotatable bonds is 15. The van der Waals surface area contributed by atoms with E-state index in [9.17, 15) is 14.4 Å². The van der Waals surface area contributed by atoms with Crippen LogP contribution in [0.25, 0.3) is 0 Å². The van der Waals surface area contributed by atoms with Gasteiger partial charge in [0.1, 0.15) is 53.0 Å². The van der Waals surface area contributed by atoms with Crippen molar-refractivity contribution in [3.8, 4) is 76.0 Å². The molecule has 0 spiro atoms. The maximum atomic E-state index is 11.6. The summed E-state index contributed by atoms with van der Waals surface area (Å²) in [4.78, 5) is 33.9. The Morgan fingerprint density at radius 3 is 1.08 bits per heavy atom. The van der Waals surface area contributed by atoms with E-state index in [1.165, 1.54) is 81.4 Å². The number of halogens is 3. The van der Waals surface area contributed by atoms with E-state index in [1.54, 1.807) is 20.8 Å². The molecule has 16 heteroatoms. The molecule has 130 heavy (non-hydrogen) atoms. The molecule has 5 aliphatic heterocycles. The van der Waals surface area contributed by atoms with Gasteiger partial charge >= 0.3 is 120 Å². The molecule has 0 N–H and O–H groups in total. The van der Waals surface area contributed by atoms with Crippen molar-refractivity contribution in [2.75, 3.05) is 39.6 Å². The average molecular weight is 2240 g/mol. The molecule has 11 rings (SSSR count). The standard InChI is InChI=1S/C16H20O2Si.C16H18OSi.C11H11IO2.C11H12O2.C9H9BrO.C6H5I.C5H10Si.C4H7O.3C4H9.12C2H6.Sn/c1-12(17)15-10-13-6-5-8-18-16(13)14(11-15)7-9-19(2,3)4;1-5-13-11-14-7-6-9-17-16(14)15(12-13)8-10-18(2,3)4;1-7(13)9-5-8-3-2-4-14-11(8)10(12)6-9;1-8(12)9-4-5-11-10(7-9)3-2-6-13-11;10-8-3-4-9-7(6-8)2-1-5-11-9;7-6-4-2-1-3-5-6;1-5-6(2,3)4;1-3-5-4-2;3*1-3-4-2;12*1-2;/h10-11H,5-6,8H2,1-4H3;1,11-12H,6-7,9H2,2-4H3;5-6H,2-4H2,1H3;4-5,7H,2-3,6H2,1H3;3-4,6H,1-2,5H2;1-5H;1H,2-4H3;1,4H2,2H3;3*1,3-4H2,2H3;12*1-2H3;. The monoisotopic (exact) mass is 2240 g/mol. The second-order valence-electron chi connectivity index (χ2n) is 30.3. The van der Waals surface area contributed by atoms with Crippen molar-refractivity contribution >= 4 is 121 Å². The van der Waals surface area contributed by atoms with Crippen LogP contribution >= 0.6 is 61.1 Å². The molecule has 738 valence electrons. The predicted molar refractivity (Wildman–Crippen MR) is 613 cm³/mol. The summed E-state index contributed by atoms with van der Waals surface area (Å²) in [6.45, 7) is 90.7. The summed E-state index contributed by atoms with van der Waals surface area (Å²) in [5.74, 6) is 14.4. The minimum Gasteiger partial charge on any atom is -0.493 e. The van der Waals surface area contributed by atoms with E-state index >= 15 is 0 Å². The molecule has 0 atom stereocenters. The number of fused-ring (bicyclic) bond motifs is 5. The zero-order chi connectivity index (χ0) is 102. The molecule has 0 radical (unpaired) electrons. The van der Waals surface area contributed by atoms with E-state index < -0.39 is 42.6 Å². The minimum atomic E-state index is -2.24. The topological polar surface area (TPSA) is 107 Å². The Balaban J connectivity index is -0.000000180. The molecular weight excluding hydrogens is 2050 g/mol. The zero-order valence-electron chi connectivity index (χ0n) is 90.7. The largest absolute Gasteiger partial charge is 0.493 e. The van der Waals surface area contributed by atoms with Crippen LogP contribution in [0, 0.1) is 54.4 Å². The predicted octanol–water partition coefficient (Wildman–Crippen LogP) is 36.5. The summed E-state index contributed by atoms with van der Waals surface area (Å²) in [5, 5.41) is 0. The van der Waals surface area contributed by atoms with Crippen LogP contribution in [0.3, 0.4) is 0 Å². The number of Topliss-reactive ketones (excluding diaryl/α,β-unsaturated/α-hetero) is 3. The summed E-state index contributed by atoms with van der Waals surface area (Å²) in [6.07, 6.45) is 29.2. The zero-order valence-corrected chi connectivity index (χ0v) is 102. The molecule has 0 saturated carbocycles. The maximum Gasteiger partial charge on any atom is 0.159 e. The van der Waals surface area contributed by atoms with Gasteiger partial charge in [0.25, 0.3) is 0 Å². The number of unbranched alkanes of at least 4 members (excludes halogenated alkanes) is 3. The van der Waals surface area contributed by atoms with Gasteiger partial charge in [-0.05, 0) is 243 Å². The Bertz CT molecular complexity index is 4040. The molecule has 0 aliphatic carbocycles. The number of ether oxygens (including phenoxy) is 6. The van der Waals surface area contributed by atoms with Gasteiger partial charge in [-0.15, -0.1) is 29.5 Å². The number of hydrogen-bond donors (Lipinski definition) is 0. The number of hydrogen-bond acceptors (Lipinski definition) is 9. The van der Waals surface area contributed by atoms with Gasteiger partial charge in [-0.3, -0.25) is 14.4 Å². The van der Waals surface area contributed by atoms with Crippen LogP contribution in [0.2, 0.25) is 72.2 Å². The van der Waals surface area contributed by atoms with Gasteiger partial charge in [0, 0.05) is 30.3 Å². The van der Waals surface area contributed by atoms with E-state index in [-0.39, 0.29) is 17.3 Å². The third kappa shape index (κ3) is 66.8. The number of terminal acetylenes is 2. The van der Waals surface area contributed by atoms with Crippen molar-refractivity contribution in [3.05, 3.63) is 186 Å². The summed E-state index contributed by atoms with van der Waals surface area (Å²) in [7, 11) is -3.92. The Hall–Kier alpha value is -5.50. The van der Waals surface area contributed by atoms with Gasteiger partial charge in [-0.2, -0.15) is 0 Å². The van der Waals surface area contributed by atoms with E-state index in [2.05, 4.69) is 207 Å². The van der Waals surface area contributed by atoms with Crippen LogP contribution in [0.1, 0.15) is 361 Å². The van der Waals surface area contributed by atoms with Crippen molar-refractivity contribution in [2.45, 2.75) is 390 Å². The first-order valence-electron chi connectivity index (χ1n) is 50.1. The molecule has 0 amide bonds. The molecule has 9 nitrogen and oxygen atoms in total. The fraction of sp³-hybridized carbons (Fsp3) is 0.570. The number of benzene rings is 6. The Labute approximate surface area is 847 Å². The van der Waals surface area contributed by atoms with Gasteiger partial charge < -0.3 is 23.7 Å². The molecule has 5 heterocycles. The number of carbonyl (C=O) groups excluding carboxylic acids is 3. The molecular formula is C114H191BrI2O9Si3Sn. The SMILES string of the molecule is Brc1ccc2c(c1)CCCO2.C#C[Si](C)(C)C.C#Cc1cc(C#C[Si](C)(C)C)c2c(c1)CCCO2.C=[C](OCC)[Sn]([CH2]CCC)([CH2]CCC)[CH2]CCC.CC.CC.CC.CC.CC.CC.CC.CC.CC.CC.CC.CC.CC(=O)c1cc(C#C[Si](C)(C)C)c2c(c1)CCCO2.CC(=O)c1cc(I)c2c(c1)CCCO2.CC(=O)c1ccc2c(c1)CCCO2.Ic1ccccc1. The third-order valence-corrected chi connectivity index (χ3v) is 37.0. The molecule has 6 aromatic carbocycles. The molecule has 0 unspecified atom stereocenters. The summed E-state index contributed by atoms with van der Waals surface area (Å²) >= 11 is 5.70. The van der Waals surface area contributed by atoms with Crippen molar-refractivity contribution in [1.29, 1.82) is 0 Å². The van der Waals surface area contributed by atoms with Crippen LogP contribution in [0.5, 0.6) is 28.7 Å². The van der Waals surface area contributed by atoms with Crippen LogP contribution in [-0.2, 0) is 36.8 Å². The van der Waals surface area contributed by atoms with Gasteiger partial charge in [0.2, 0.25) is 0 Å². The second-order valence-corrected chi connectivity index (χ2v) is 61.0. The molecule has 5 aliphatic rings. The summed E-state index contributed by atoms with van der Waals surface area (Å²) in [6, 6.07) is 33.8. The molecule has 0 fully saturated rings. The minimum absolute atomic E-state index is 0.0874. The fourth-order valence-electron chi connectivity index (χ4n) is 11.6. The van der Waals surface area contributed by atoms with Crippen LogP contribution in [-0.4, -0.2) is 99.6 Å². The Morgan fingerprint density at radius 1 is 0.415 bits per heavy atom. The molecule has 0 bridgehead atoms. The van der Waals surface area contributed by atoms with Gasteiger partial charge in [-0.25, -0.2) is 0 Å². The Kier molecular flexibility index (Phi) is 101. The van der Waals surface area contributed by atoms with Crippen molar-refractivity contribution in [3.63, 3.8) is 0 Å². The quantitative estimate of drug-likeness (QED) is 0.0327. The van der Waals surface area contributed by atoms with Crippen LogP contribution in [0.4, 0.5) is 0 Å². The van der Waals surface area contributed by atoms with Crippen LogP contribution in [0.15, 0.2) is 118 Å². The van der Waals surface area contributed by atoms with Gasteiger partial charge in [0.15, 0.2) is 17.3 Å². The molecule has 6 aromatic rings. The fourth-order valence-corrected chi connectivity index (χ4v) is 28.9. The summed E-state index contributed by atoms with van der Waals surface area (Å²) < 4.78 is 43.0.